The number of nitrogens with one attached hydrogen (secondary N) is 1. The van der Waals surface area contributed by atoms with Gasteiger partial charge in [-0.25, -0.2) is 0 Å². The lowest BCUT2D eigenvalue weighted by molar-refractivity contribution is -0.121. The smallest absolute Gasteiger partial charge is 0.227 e. The Morgan fingerprint density at radius 3 is 2.56 bits per heavy atom. The van der Waals surface area contributed by atoms with Crippen molar-refractivity contribution in [3.8, 4) is 0 Å². The molecule has 0 atom stereocenters. The average Bonchev–Trinajstić information content (AvgIpc) is 2.34. The maximum atomic E-state index is 12.1. The minimum absolute atomic E-state index is 0.165. The van der Waals surface area contributed by atoms with Gasteiger partial charge in [0, 0.05) is 16.5 Å². The van der Waals surface area contributed by atoms with Gasteiger partial charge < -0.3 is 5.32 Å². The summed E-state index contributed by atoms with van der Waals surface area (Å²) in [5.41, 5.74) is 1.98. The van der Waals surface area contributed by atoms with Crippen LogP contribution in [0.3, 0.4) is 0 Å². The van der Waals surface area contributed by atoms with E-state index in [1.807, 2.05) is 25.1 Å². The molecule has 1 aromatic carbocycles. The van der Waals surface area contributed by atoms with Crippen molar-refractivity contribution in [3.63, 3.8) is 0 Å². The molecular weight excluding hydrogens is 242 g/mol. The van der Waals surface area contributed by atoms with Gasteiger partial charge in [0.25, 0.3) is 0 Å². The van der Waals surface area contributed by atoms with Gasteiger partial charge in [-0.2, -0.15) is 0 Å². The molecule has 98 valence electrons. The van der Waals surface area contributed by atoms with Crippen LogP contribution in [0, 0.1) is 18.8 Å². The van der Waals surface area contributed by atoms with E-state index in [4.69, 9.17) is 0 Å². The van der Waals surface area contributed by atoms with E-state index in [2.05, 4.69) is 24.9 Å². The molecule has 1 aliphatic carbocycles. The Morgan fingerprint density at radius 1 is 1.28 bits per heavy atom. The predicted octanol–water partition coefficient (Wildman–Crippen LogP) is 4.05. The number of rotatable bonds is 2. The summed E-state index contributed by atoms with van der Waals surface area (Å²) < 4.78 is 0. The van der Waals surface area contributed by atoms with Gasteiger partial charge in [-0.05, 0) is 56.2 Å². The molecular formula is C15H21NOS. The van der Waals surface area contributed by atoms with Gasteiger partial charge >= 0.3 is 0 Å². The Morgan fingerprint density at radius 2 is 1.94 bits per heavy atom. The van der Waals surface area contributed by atoms with Crippen LogP contribution in [0.4, 0.5) is 5.69 Å². The second-order valence-electron chi connectivity index (χ2n) is 5.45. The highest BCUT2D eigenvalue weighted by Gasteiger charge is 2.24. The SMILES string of the molecule is Cc1ccc(NC(=O)C2CCC(C)CC2)cc1S. The number of benzene rings is 1. The first-order valence-corrected chi connectivity index (χ1v) is 7.11. The van der Waals surface area contributed by atoms with E-state index in [0.29, 0.717) is 0 Å². The highest BCUT2D eigenvalue weighted by molar-refractivity contribution is 7.80. The number of carbonyl (C=O) groups excluding carboxylic acids is 1. The van der Waals surface area contributed by atoms with E-state index in [1.165, 1.54) is 12.8 Å². The Labute approximate surface area is 115 Å². The van der Waals surface area contributed by atoms with Crippen LogP contribution < -0.4 is 5.32 Å². The van der Waals surface area contributed by atoms with E-state index in [0.717, 1.165) is 34.9 Å². The molecule has 1 saturated carbocycles. The maximum Gasteiger partial charge on any atom is 0.227 e. The zero-order valence-electron chi connectivity index (χ0n) is 11.1. The molecule has 18 heavy (non-hydrogen) atoms. The summed E-state index contributed by atoms with van der Waals surface area (Å²) in [5, 5.41) is 3.01. The van der Waals surface area contributed by atoms with Crippen LogP contribution in [0.5, 0.6) is 0 Å². The van der Waals surface area contributed by atoms with Gasteiger partial charge in [0.05, 0.1) is 0 Å². The molecule has 0 unspecified atom stereocenters. The largest absolute Gasteiger partial charge is 0.326 e. The molecule has 0 radical (unpaired) electrons. The topological polar surface area (TPSA) is 29.1 Å². The van der Waals surface area contributed by atoms with Crippen molar-refractivity contribution in [2.45, 2.75) is 44.4 Å². The first-order valence-electron chi connectivity index (χ1n) is 6.66. The molecule has 2 nitrogen and oxygen atoms in total. The lowest BCUT2D eigenvalue weighted by atomic mass is 9.82. The molecule has 0 aliphatic heterocycles. The van der Waals surface area contributed by atoms with Crippen LogP contribution in [0.1, 0.15) is 38.2 Å². The number of amides is 1. The molecule has 0 saturated heterocycles. The van der Waals surface area contributed by atoms with E-state index < -0.39 is 0 Å². The van der Waals surface area contributed by atoms with Crippen LogP contribution >= 0.6 is 12.6 Å². The van der Waals surface area contributed by atoms with Crippen molar-refractivity contribution >= 4 is 24.2 Å². The molecule has 1 N–H and O–H groups in total. The van der Waals surface area contributed by atoms with Gasteiger partial charge in [0.1, 0.15) is 0 Å². The normalized spacial score (nSPS) is 23.7. The molecule has 1 aromatic rings. The van der Waals surface area contributed by atoms with Crippen LogP contribution in [-0.2, 0) is 4.79 Å². The molecule has 0 bridgehead atoms. The second kappa shape index (κ2) is 5.79. The van der Waals surface area contributed by atoms with E-state index in [-0.39, 0.29) is 11.8 Å². The minimum atomic E-state index is 0.165. The molecule has 1 aliphatic rings. The second-order valence-corrected chi connectivity index (χ2v) is 5.93. The number of hydrogen-bond acceptors (Lipinski definition) is 2. The molecule has 2 rings (SSSR count). The lowest BCUT2D eigenvalue weighted by Gasteiger charge is -2.25. The summed E-state index contributed by atoms with van der Waals surface area (Å²) in [6.45, 7) is 4.28. The first-order chi connectivity index (χ1) is 8.56. The number of anilines is 1. The van der Waals surface area contributed by atoms with Crippen LogP contribution in [-0.4, -0.2) is 5.91 Å². The van der Waals surface area contributed by atoms with Crippen molar-refractivity contribution < 1.29 is 4.79 Å². The quantitative estimate of drug-likeness (QED) is 0.774. The fourth-order valence-corrected chi connectivity index (χ4v) is 2.67. The molecule has 0 aromatic heterocycles. The van der Waals surface area contributed by atoms with Gasteiger partial charge in [0.15, 0.2) is 0 Å². The lowest BCUT2D eigenvalue weighted by Crippen LogP contribution is -2.26. The summed E-state index contributed by atoms with van der Waals surface area (Å²) >= 11 is 4.38. The van der Waals surface area contributed by atoms with Crippen molar-refractivity contribution in [2.75, 3.05) is 5.32 Å². The molecule has 1 fully saturated rings. The first kappa shape index (κ1) is 13.5. The van der Waals surface area contributed by atoms with Crippen molar-refractivity contribution in [1.82, 2.24) is 0 Å². The predicted molar refractivity (Wildman–Crippen MR) is 78.2 cm³/mol. The van der Waals surface area contributed by atoms with Gasteiger partial charge in [-0.3, -0.25) is 4.79 Å². The zero-order valence-corrected chi connectivity index (χ0v) is 12.0. The molecule has 0 spiro atoms. The average molecular weight is 263 g/mol. The number of hydrogen-bond donors (Lipinski definition) is 2. The van der Waals surface area contributed by atoms with Crippen molar-refractivity contribution in [2.24, 2.45) is 11.8 Å². The van der Waals surface area contributed by atoms with Gasteiger partial charge in [-0.15, -0.1) is 12.6 Å². The Balaban J connectivity index is 1.96. The number of carbonyl (C=O) groups is 1. The number of thiol groups is 1. The molecule has 3 heteroatoms. The molecule has 0 heterocycles. The van der Waals surface area contributed by atoms with Crippen LogP contribution in [0.2, 0.25) is 0 Å². The number of aryl methyl sites for hydroxylation is 1. The van der Waals surface area contributed by atoms with E-state index in [9.17, 15) is 4.79 Å². The summed E-state index contributed by atoms with van der Waals surface area (Å²) in [7, 11) is 0. The van der Waals surface area contributed by atoms with E-state index >= 15 is 0 Å². The maximum absolute atomic E-state index is 12.1. The Kier molecular flexibility index (Phi) is 4.33. The summed E-state index contributed by atoms with van der Waals surface area (Å²) in [4.78, 5) is 13.1. The van der Waals surface area contributed by atoms with Crippen LogP contribution in [0.25, 0.3) is 0 Å². The van der Waals surface area contributed by atoms with Crippen molar-refractivity contribution in [3.05, 3.63) is 23.8 Å². The standard InChI is InChI=1S/C15H21NOS/c1-10-3-6-12(7-4-10)15(17)16-13-8-5-11(2)14(18)9-13/h5,8-10,12,18H,3-4,6-7H2,1-2H3,(H,16,17). The summed E-state index contributed by atoms with van der Waals surface area (Å²) in [6, 6.07) is 5.85. The Hall–Kier alpha value is -0.960. The van der Waals surface area contributed by atoms with Gasteiger partial charge in [0.2, 0.25) is 5.91 Å². The summed E-state index contributed by atoms with van der Waals surface area (Å²) in [5.74, 6) is 1.13. The fraction of sp³-hybridized carbons (Fsp3) is 0.533. The third-order valence-corrected chi connectivity index (χ3v) is 4.35. The third-order valence-electron chi connectivity index (χ3n) is 3.86. The van der Waals surface area contributed by atoms with E-state index in [1.54, 1.807) is 0 Å². The zero-order chi connectivity index (χ0) is 13.1. The summed E-state index contributed by atoms with van der Waals surface area (Å²) in [6.07, 6.45) is 4.38. The monoisotopic (exact) mass is 263 g/mol. The third kappa shape index (κ3) is 3.29. The fourth-order valence-electron chi connectivity index (χ4n) is 2.45. The Bertz CT molecular complexity index is 436. The van der Waals surface area contributed by atoms with Gasteiger partial charge in [-0.1, -0.05) is 13.0 Å². The van der Waals surface area contributed by atoms with Crippen molar-refractivity contribution in [1.29, 1.82) is 0 Å². The minimum Gasteiger partial charge on any atom is -0.326 e. The highest BCUT2D eigenvalue weighted by atomic mass is 32.1. The highest BCUT2D eigenvalue weighted by Crippen LogP contribution is 2.29. The molecule has 1 amide bonds. The van der Waals surface area contributed by atoms with Crippen LogP contribution in [0.15, 0.2) is 23.1 Å².